The molecule has 1 rings (SSSR count). The molecule has 1 aromatic rings. The molecule has 3 heteroatoms. The molecule has 0 aromatic carbocycles. The molecule has 0 radical (unpaired) electrons. The molecule has 0 saturated heterocycles. The maximum absolute atomic E-state index is 11.8. The van der Waals surface area contributed by atoms with Gasteiger partial charge in [0.05, 0.1) is 0 Å². The molecule has 18 heavy (non-hydrogen) atoms. The fourth-order valence-corrected chi connectivity index (χ4v) is 2.23. The average Bonchev–Trinajstić information content (AvgIpc) is 2.77. The van der Waals surface area contributed by atoms with Gasteiger partial charge in [-0.25, -0.2) is 0 Å². The monoisotopic (exact) mass is 264 g/mol. The van der Waals surface area contributed by atoms with E-state index in [1.54, 1.807) is 11.3 Å². The highest BCUT2D eigenvalue weighted by Gasteiger charge is 2.27. The molecule has 1 atom stereocenters. The van der Waals surface area contributed by atoms with Crippen LogP contribution in [0.25, 0.3) is 0 Å². The molecule has 0 aliphatic heterocycles. The fourth-order valence-electron chi connectivity index (χ4n) is 1.53. The van der Waals surface area contributed by atoms with E-state index in [-0.39, 0.29) is 17.5 Å². The van der Waals surface area contributed by atoms with Gasteiger partial charge in [-0.2, -0.15) is 11.3 Å². The topological polar surface area (TPSA) is 26.3 Å². The highest BCUT2D eigenvalue weighted by atomic mass is 32.1. The first-order valence-corrected chi connectivity index (χ1v) is 7.02. The molecular formula is C15H20O2S. The Kier molecular flexibility index (Phi) is 5.43. The first-order valence-electron chi connectivity index (χ1n) is 6.07. The second kappa shape index (κ2) is 6.61. The number of ether oxygens (including phenoxy) is 1. The summed E-state index contributed by atoms with van der Waals surface area (Å²) >= 11 is 1.64. The summed E-state index contributed by atoms with van der Waals surface area (Å²) in [5, 5.41) is 4.06. The van der Waals surface area contributed by atoms with Crippen LogP contribution in [-0.4, -0.2) is 12.1 Å². The molecule has 0 spiro atoms. The van der Waals surface area contributed by atoms with Gasteiger partial charge in [0.2, 0.25) is 0 Å². The highest BCUT2D eigenvalue weighted by molar-refractivity contribution is 7.07. The van der Waals surface area contributed by atoms with E-state index in [4.69, 9.17) is 11.2 Å². The van der Waals surface area contributed by atoms with Crippen molar-refractivity contribution < 1.29 is 9.53 Å². The lowest BCUT2D eigenvalue weighted by Gasteiger charge is -2.28. The van der Waals surface area contributed by atoms with Crippen molar-refractivity contribution in [2.45, 2.75) is 46.1 Å². The first kappa shape index (κ1) is 14.8. The lowest BCUT2D eigenvalue weighted by Crippen LogP contribution is -2.31. The molecule has 0 N–H and O–H groups in total. The molecule has 0 saturated carbocycles. The fraction of sp³-hybridized carbons (Fsp3) is 0.533. The average molecular weight is 264 g/mol. The van der Waals surface area contributed by atoms with Crippen molar-refractivity contribution in [1.82, 2.24) is 0 Å². The van der Waals surface area contributed by atoms with Crippen molar-refractivity contribution in [2.75, 3.05) is 0 Å². The third-order valence-electron chi connectivity index (χ3n) is 2.74. The van der Waals surface area contributed by atoms with Gasteiger partial charge in [0, 0.05) is 12.8 Å². The zero-order valence-corrected chi connectivity index (χ0v) is 12.0. The van der Waals surface area contributed by atoms with Gasteiger partial charge in [-0.1, -0.05) is 20.8 Å². The smallest absolute Gasteiger partial charge is 0.306 e. The van der Waals surface area contributed by atoms with Gasteiger partial charge >= 0.3 is 5.97 Å². The van der Waals surface area contributed by atoms with E-state index in [0.29, 0.717) is 12.8 Å². The van der Waals surface area contributed by atoms with Crippen molar-refractivity contribution in [2.24, 2.45) is 5.41 Å². The Bertz CT molecular complexity index is 407. The van der Waals surface area contributed by atoms with Gasteiger partial charge in [-0.15, -0.1) is 12.3 Å². The van der Waals surface area contributed by atoms with Crippen LogP contribution in [0.2, 0.25) is 0 Å². The predicted octanol–water partition coefficient (Wildman–Crippen LogP) is 3.66. The summed E-state index contributed by atoms with van der Waals surface area (Å²) in [6, 6.07) is 2.03. The number of hydrogen-bond donors (Lipinski definition) is 0. The van der Waals surface area contributed by atoms with E-state index in [0.717, 1.165) is 6.42 Å². The van der Waals surface area contributed by atoms with Crippen molar-refractivity contribution in [3.05, 3.63) is 22.4 Å². The van der Waals surface area contributed by atoms with Gasteiger partial charge < -0.3 is 4.74 Å². The molecule has 0 aliphatic carbocycles. The number of rotatable bonds is 5. The maximum atomic E-state index is 11.8. The third-order valence-corrected chi connectivity index (χ3v) is 3.47. The minimum Gasteiger partial charge on any atom is -0.461 e. The molecule has 98 valence electrons. The van der Waals surface area contributed by atoms with E-state index in [9.17, 15) is 4.79 Å². The summed E-state index contributed by atoms with van der Waals surface area (Å²) in [6.45, 7) is 6.09. The second-order valence-corrected chi connectivity index (χ2v) is 6.16. The van der Waals surface area contributed by atoms with Gasteiger partial charge in [0.25, 0.3) is 0 Å². The molecule has 0 unspecified atom stereocenters. The molecular weight excluding hydrogens is 244 g/mol. The molecule has 0 amide bonds. The Morgan fingerprint density at radius 3 is 2.78 bits per heavy atom. The summed E-state index contributed by atoms with van der Waals surface area (Å²) in [6.07, 6.45) is 6.71. The van der Waals surface area contributed by atoms with Gasteiger partial charge in [-0.3, -0.25) is 4.79 Å². The van der Waals surface area contributed by atoms with E-state index in [2.05, 4.69) is 11.3 Å². The third kappa shape index (κ3) is 4.93. The number of terminal acetylenes is 1. The van der Waals surface area contributed by atoms with Crippen molar-refractivity contribution in [1.29, 1.82) is 0 Å². The SMILES string of the molecule is C#CC[C@H](OC(=O)CCc1ccsc1)C(C)(C)C. The van der Waals surface area contributed by atoms with Crippen LogP contribution in [0, 0.1) is 17.8 Å². The largest absolute Gasteiger partial charge is 0.461 e. The van der Waals surface area contributed by atoms with Gasteiger partial charge in [0.15, 0.2) is 0 Å². The minimum atomic E-state index is -0.211. The number of thiophene rings is 1. The van der Waals surface area contributed by atoms with Crippen LogP contribution >= 0.6 is 11.3 Å². The summed E-state index contributed by atoms with van der Waals surface area (Å²) in [5.41, 5.74) is 1.06. The summed E-state index contributed by atoms with van der Waals surface area (Å²) < 4.78 is 5.48. The second-order valence-electron chi connectivity index (χ2n) is 5.38. The highest BCUT2D eigenvalue weighted by Crippen LogP contribution is 2.25. The zero-order valence-electron chi connectivity index (χ0n) is 11.2. The number of hydrogen-bond acceptors (Lipinski definition) is 3. The van der Waals surface area contributed by atoms with Crippen molar-refractivity contribution >= 4 is 17.3 Å². The minimum absolute atomic E-state index is 0.121. The summed E-state index contributed by atoms with van der Waals surface area (Å²) in [5.74, 6) is 2.40. The Morgan fingerprint density at radius 1 is 1.56 bits per heavy atom. The van der Waals surface area contributed by atoms with Crippen LogP contribution in [0.1, 0.15) is 39.2 Å². The number of esters is 1. The Labute approximate surface area is 113 Å². The first-order chi connectivity index (χ1) is 8.43. The molecule has 1 aromatic heterocycles. The van der Waals surface area contributed by atoms with E-state index >= 15 is 0 Å². The normalized spacial score (nSPS) is 12.8. The number of carbonyl (C=O) groups is 1. The van der Waals surface area contributed by atoms with Crippen molar-refractivity contribution in [3.8, 4) is 12.3 Å². The van der Waals surface area contributed by atoms with Gasteiger partial charge in [-0.05, 0) is 34.2 Å². The lowest BCUT2D eigenvalue weighted by atomic mass is 9.87. The lowest BCUT2D eigenvalue weighted by molar-refractivity contribution is -0.154. The summed E-state index contributed by atoms with van der Waals surface area (Å²) in [7, 11) is 0. The van der Waals surface area contributed by atoms with Crippen LogP contribution in [0.4, 0.5) is 0 Å². The van der Waals surface area contributed by atoms with Crippen molar-refractivity contribution in [3.63, 3.8) is 0 Å². The maximum Gasteiger partial charge on any atom is 0.306 e. The molecule has 0 fully saturated rings. The van der Waals surface area contributed by atoms with Crippen LogP contribution in [-0.2, 0) is 16.0 Å². The molecule has 2 nitrogen and oxygen atoms in total. The number of carbonyl (C=O) groups excluding carboxylic acids is 1. The predicted molar refractivity (Wildman–Crippen MR) is 75.4 cm³/mol. The molecule has 1 heterocycles. The van der Waals surface area contributed by atoms with Crippen LogP contribution in [0.3, 0.4) is 0 Å². The Morgan fingerprint density at radius 2 is 2.28 bits per heavy atom. The molecule has 0 aliphatic rings. The van der Waals surface area contributed by atoms with E-state index < -0.39 is 0 Å². The standard InChI is InChI=1S/C15H20O2S/c1-5-6-13(15(2,3)4)17-14(16)8-7-12-9-10-18-11-12/h1,9-11,13H,6-8H2,2-4H3/t13-/m0/s1. The van der Waals surface area contributed by atoms with Crippen LogP contribution in [0.5, 0.6) is 0 Å². The van der Waals surface area contributed by atoms with Crippen LogP contribution in [0.15, 0.2) is 16.8 Å². The quantitative estimate of drug-likeness (QED) is 0.599. The van der Waals surface area contributed by atoms with E-state index in [1.165, 1.54) is 5.56 Å². The number of aryl methyl sites for hydroxylation is 1. The Hall–Kier alpha value is -1.27. The summed E-state index contributed by atoms with van der Waals surface area (Å²) in [4.78, 5) is 11.8. The van der Waals surface area contributed by atoms with Gasteiger partial charge in [0.1, 0.15) is 6.10 Å². The Balaban J connectivity index is 2.44. The molecule has 0 bridgehead atoms. The zero-order chi connectivity index (χ0) is 13.6. The van der Waals surface area contributed by atoms with E-state index in [1.807, 2.05) is 32.2 Å². The van der Waals surface area contributed by atoms with Crippen LogP contribution < -0.4 is 0 Å².